The Morgan fingerprint density at radius 3 is 2.73 bits per heavy atom. The van der Waals surface area contributed by atoms with Gasteiger partial charge in [0.15, 0.2) is 5.78 Å². The Hall–Kier alpha value is -3.25. The van der Waals surface area contributed by atoms with Crippen LogP contribution in [0.25, 0.3) is 21.6 Å². The summed E-state index contributed by atoms with van der Waals surface area (Å²) in [5.41, 5.74) is 3.39. The van der Waals surface area contributed by atoms with E-state index in [2.05, 4.69) is 15.3 Å². The maximum absolute atomic E-state index is 12.4. The molecule has 0 bridgehead atoms. The number of nitrogens with zero attached hydrogens (tertiary/aromatic N) is 1. The first kappa shape index (κ1) is 16.2. The summed E-state index contributed by atoms with van der Waals surface area (Å²) in [6.07, 6.45) is 0. The molecule has 5 nitrogen and oxygen atoms in total. The predicted molar refractivity (Wildman–Crippen MR) is 104 cm³/mol. The van der Waals surface area contributed by atoms with Crippen LogP contribution in [0.15, 0.2) is 60.0 Å². The first-order valence-electron chi connectivity index (χ1n) is 8.06. The fraction of sp³-hybridized carbons (Fsp3) is 0.0500. The number of carbonyl (C=O) groups is 2. The number of aromatic nitrogens is 2. The first-order valence-corrected chi connectivity index (χ1v) is 8.94. The molecule has 2 N–H and O–H groups in total. The molecular formula is C20H15N3O2S. The molecule has 0 saturated carbocycles. The molecule has 4 aromatic rings. The van der Waals surface area contributed by atoms with Crippen molar-refractivity contribution < 1.29 is 9.59 Å². The average Bonchev–Trinajstić information content (AvgIpc) is 3.28. The SMILES string of the molecule is CC(=O)c1cccc(NC(=O)c2csc(-c3cc4ccccc4[nH]3)n2)c1. The van der Waals surface area contributed by atoms with Gasteiger partial charge in [-0.3, -0.25) is 9.59 Å². The van der Waals surface area contributed by atoms with Crippen molar-refractivity contribution in [1.29, 1.82) is 0 Å². The van der Waals surface area contributed by atoms with Crippen molar-refractivity contribution in [2.75, 3.05) is 5.32 Å². The Morgan fingerprint density at radius 1 is 1.08 bits per heavy atom. The van der Waals surface area contributed by atoms with Gasteiger partial charge < -0.3 is 10.3 Å². The van der Waals surface area contributed by atoms with Crippen molar-refractivity contribution in [1.82, 2.24) is 9.97 Å². The van der Waals surface area contributed by atoms with Crippen LogP contribution in [-0.2, 0) is 0 Å². The van der Waals surface area contributed by atoms with Gasteiger partial charge in [-0.2, -0.15) is 0 Å². The molecule has 0 aliphatic carbocycles. The average molecular weight is 361 g/mol. The highest BCUT2D eigenvalue weighted by atomic mass is 32.1. The van der Waals surface area contributed by atoms with Crippen LogP contribution >= 0.6 is 11.3 Å². The van der Waals surface area contributed by atoms with E-state index in [1.165, 1.54) is 18.3 Å². The molecule has 128 valence electrons. The molecule has 6 heteroatoms. The van der Waals surface area contributed by atoms with Gasteiger partial charge in [0.2, 0.25) is 0 Å². The lowest BCUT2D eigenvalue weighted by Crippen LogP contribution is -2.12. The molecule has 2 heterocycles. The smallest absolute Gasteiger partial charge is 0.275 e. The number of hydrogen-bond acceptors (Lipinski definition) is 4. The van der Waals surface area contributed by atoms with Crippen LogP contribution in [0.2, 0.25) is 0 Å². The highest BCUT2D eigenvalue weighted by Crippen LogP contribution is 2.27. The van der Waals surface area contributed by atoms with Crippen LogP contribution < -0.4 is 5.32 Å². The number of anilines is 1. The zero-order chi connectivity index (χ0) is 18.1. The minimum Gasteiger partial charge on any atom is -0.353 e. The zero-order valence-electron chi connectivity index (χ0n) is 13.9. The quantitative estimate of drug-likeness (QED) is 0.515. The molecule has 26 heavy (non-hydrogen) atoms. The van der Waals surface area contributed by atoms with Crippen molar-refractivity contribution >= 4 is 39.6 Å². The number of Topliss-reactive ketones (excluding diaryl/α,β-unsaturated/α-hetero) is 1. The molecule has 2 aromatic carbocycles. The van der Waals surface area contributed by atoms with E-state index in [9.17, 15) is 9.59 Å². The predicted octanol–water partition coefficient (Wildman–Crippen LogP) is 4.75. The van der Waals surface area contributed by atoms with E-state index < -0.39 is 0 Å². The van der Waals surface area contributed by atoms with Crippen LogP contribution in [0, 0.1) is 0 Å². The van der Waals surface area contributed by atoms with E-state index in [1.807, 2.05) is 30.3 Å². The van der Waals surface area contributed by atoms with Gasteiger partial charge in [-0.1, -0.05) is 30.3 Å². The third-order valence-electron chi connectivity index (χ3n) is 4.02. The highest BCUT2D eigenvalue weighted by Gasteiger charge is 2.14. The molecule has 0 fully saturated rings. The number of carbonyl (C=O) groups excluding carboxylic acids is 2. The molecule has 4 rings (SSSR count). The Kier molecular flexibility index (Phi) is 4.10. The summed E-state index contributed by atoms with van der Waals surface area (Å²) in [7, 11) is 0. The van der Waals surface area contributed by atoms with Crippen LogP contribution in [-0.4, -0.2) is 21.7 Å². The topological polar surface area (TPSA) is 74.8 Å². The second kappa shape index (κ2) is 6.57. The molecular weight excluding hydrogens is 346 g/mol. The number of benzene rings is 2. The summed E-state index contributed by atoms with van der Waals surface area (Å²) in [4.78, 5) is 31.7. The third kappa shape index (κ3) is 3.14. The standard InChI is InChI=1S/C20H15N3O2S/c1-12(24)13-6-4-7-15(9-13)21-19(25)18-11-26-20(23-18)17-10-14-5-2-3-8-16(14)22-17/h2-11,22H,1H3,(H,21,25). The number of aromatic amines is 1. The lowest BCUT2D eigenvalue weighted by Gasteiger charge is -2.04. The Balaban J connectivity index is 1.56. The molecule has 0 radical (unpaired) electrons. The molecule has 0 saturated heterocycles. The van der Waals surface area contributed by atoms with Crippen molar-refractivity contribution in [2.24, 2.45) is 0 Å². The number of fused-ring (bicyclic) bond motifs is 1. The normalized spacial score (nSPS) is 10.8. The van der Waals surface area contributed by atoms with Gasteiger partial charge in [-0.15, -0.1) is 11.3 Å². The van der Waals surface area contributed by atoms with Gasteiger partial charge in [-0.25, -0.2) is 4.98 Å². The number of ketones is 1. The van der Waals surface area contributed by atoms with E-state index >= 15 is 0 Å². The van der Waals surface area contributed by atoms with Crippen LogP contribution in [0.4, 0.5) is 5.69 Å². The fourth-order valence-electron chi connectivity index (χ4n) is 2.70. The first-order chi connectivity index (χ1) is 12.6. The van der Waals surface area contributed by atoms with E-state index in [-0.39, 0.29) is 11.7 Å². The van der Waals surface area contributed by atoms with Crippen LogP contribution in [0.1, 0.15) is 27.8 Å². The van der Waals surface area contributed by atoms with Crippen molar-refractivity contribution in [3.63, 3.8) is 0 Å². The molecule has 0 aliphatic heterocycles. The van der Waals surface area contributed by atoms with Gasteiger partial charge in [0.25, 0.3) is 5.91 Å². The number of hydrogen-bond donors (Lipinski definition) is 2. The van der Waals surface area contributed by atoms with Crippen LogP contribution in [0.5, 0.6) is 0 Å². The maximum Gasteiger partial charge on any atom is 0.275 e. The van der Waals surface area contributed by atoms with E-state index in [0.717, 1.165) is 21.6 Å². The summed E-state index contributed by atoms with van der Waals surface area (Å²) >= 11 is 1.41. The number of thiazole rings is 1. The van der Waals surface area contributed by atoms with Gasteiger partial charge >= 0.3 is 0 Å². The number of para-hydroxylation sites is 1. The van der Waals surface area contributed by atoms with Gasteiger partial charge in [-0.05, 0) is 31.2 Å². The summed E-state index contributed by atoms with van der Waals surface area (Å²) in [6.45, 7) is 1.49. The Labute approximate surface area is 153 Å². The Bertz CT molecular complexity index is 1090. The van der Waals surface area contributed by atoms with Gasteiger partial charge in [0, 0.05) is 27.5 Å². The van der Waals surface area contributed by atoms with E-state index in [0.29, 0.717) is 16.9 Å². The van der Waals surface area contributed by atoms with E-state index in [4.69, 9.17) is 0 Å². The molecule has 0 spiro atoms. The highest BCUT2D eigenvalue weighted by molar-refractivity contribution is 7.13. The van der Waals surface area contributed by atoms with Crippen molar-refractivity contribution in [3.05, 3.63) is 71.2 Å². The molecule has 1 amide bonds. The molecule has 2 aromatic heterocycles. The molecule has 0 unspecified atom stereocenters. The fourth-order valence-corrected chi connectivity index (χ4v) is 3.47. The lowest BCUT2D eigenvalue weighted by molar-refractivity contribution is 0.100. The summed E-state index contributed by atoms with van der Waals surface area (Å²) in [5.74, 6) is -0.347. The van der Waals surface area contributed by atoms with E-state index in [1.54, 1.807) is 29.6 Å². The third-order valence-corrected chi connectivity index (χ3v) is 4.90. The number of H-pyrrole nitrogens is 1. The maximum atomic E-state index is 12.4. The summed E-state index contributed by atoms with van der Waals surface area (Å²) in [6, 6.07) is 16.9. The lowest BCUT2D eigenvalue weighted by atomic mass is 10.1. The Morgan fingerprint density at radius 2 is 1.92 bits per heavy atom. The van der Waals surface area contributed by atoms with Crippen LogP contribution in [0.3, 0.4) is 0 Å². The molecule has 0 aliphatic rings. The number of amides is 1. The minimum atomic E-state index is -0.302. The largest absolute Gasteiger partial charge is 0.353 e. The summed E-state index contributed by atoms with van der Waals surface area (Å²) in [5, 5.41) is 6.37. The number of rotatable bonds is 4. The monoisotopic (exact) mass is 361 g/mol. The van der Waals surface area contributed by atoms with Gasteiger partial charge in [0.05, 0.1) is 5.69 Å². The minimum absolute atomic E-state index is 0.0455. The number of nitrogens with one attached hydrogen (secondary N) is 2. The second-order valence-electron chi connectivity index (χ2n) is 5.90. The second-order valence-corrected chi connectivity index (χ2v) is 6.76. The van der Waals surface area contributed by atoms with Gasteiger partial charge in [0.1, 0.15) is 10.7 Å². The zero-order valence-corrected chi connectivity index (χ0v) is 14.8. The van der Waals surface area contributed by atoms with Crippen molar-refractivity contribution in [2.45, 2.75) is 6.92 Å². The summed E-state index contributed by atoms with van der Waals surface area (Å²) < 4.78 is 0. The molecule has 0 atom stereocenters. The van der Waals surface area contributed by atoms with Crippen molar-refractivity contribution in [3.8, 4) is 10.7 Å².